The standard InChI is InChI=1S/C22H23N3O/c1-3-17-10-12-19(13-11-17)23-22(26)25-15-18-7-4-5-8-21(18)24-14-6-9-20(24)16(25)2/h4-14,16H,3,15H2,1-2H3,(H,23,26)/t16-/m1/s1. The molecular formula is C22H23N3O. The summed E-state index contributed by atoms with van der Waals surface area (Å²) in [5.74, 6) is 0. The van der Waals surface area contributed by atoms with Crippen molar-refractivity contribution in [3.05, 3.63) is 83.7 Å². The first kappa shape index (κ1) is 16.5. The number of rotatable bonds is 2. The molecular weight excluding hydrogens is 322 g/mol. The highest BCUT2D eigenvalue weighted by Crippen LogP contribution is 2.32. The van der Waals surface area contributed by atoms with Crippen LogP contribution in [0.4, 0.5) is 10.5 Å². The highest BCUT2D eigenvalue weighted by molar-refractivity contribution is 5.89. The Labute approximate surface area is 154 Å². The summed E-state index contributed by atoms with van der Waals surface area (Å²) in [5, 5.41) is 3.05. The number of para-hydroxylation sites is 1. The van der Waals surface area contributed by atoms with E-state index in [0.29, 0.717) is 6.54 Å². The molecule has 132 valence electrons. The summed E-state index contributed by atoms with van der Waals surface area (Å²) in [5.41, 5.74) is 5.49. The quantitative estimate of drug-likeness (QED) is 0.685. The van der Waals surface area contributed by atoms with Crippen LogP contribution in [-0.2, 0) is 13.0 Å². The maximum Gasteiger partial charge on any atom is 0.322 e. The van der Waals surface area contributed by atoms with Gasteiger partial charge in [0.1, 0.15) is 0 Å². The van der Waals surface area contributed by atoms with E-state index >= 15 is 0 Å². The minimum absolute atomic E-state index is 0.0210. The molecule has 2 heterocycles. The number of nitrogens with zero attached hydrogens (tertiary/aromatic N) is 2. The van der Waals surface area contributed by atoms with Crippen molar-refractivity contribution in [2.45, 2.75) is 32.9 Å². The number of hydrogen-bond acceptors (Lipinski definition) is 1. The van der Waals surface area contributed by atoms with Gasteiger partial charge in [-0.1, -0.05) is 37.3 Å². The molecule has 0 radical (unpaired) electrons. The van der Waals surface area contributed by atoms with Crippen LogP contribution in [0.15, 0.2) is 66.9 Å². The first-order chi connectivity index (χ1) is 12.7. The normalized spacial score (nSPS) is 15.8. The number of aryl methyl sites for hydroxylation is 1. The minimum atomic E-state index is -0.0776. The number of carbonyl (C=O) groups is 1. The number of hydrogen-bond donors (Lipinski definition) is 1. The van der Waals surface area contributed by atoms with E-state index in [4.69, 9.17) is 0 Å². The lowest BCUT2D eigenvalue weighted by molar-refractivity contribution is 0.189. The molecule has 1 atom stereocenters. The number of amides is 2. The summed E-state index contributed by atoms with van der Waals surface area (Å²) >= 11 is 0. The molecule has 4 rings (SSSR count). The van der Waals surface area contributed by atoms with E-state index in [2.05, 4.69) is 60.3 Å². The van der Waals surface area contributed by atoms with Crippen molar-refractivity contribution in [3.8, 4) is 5.69 Å². The van der Waals surface area contributed by atoms with Crippen LogP contribution in [0.3, 0.4) is 0 Å². The monoisotopic (exact) mass is 345 g/mol. The molecule has 0 fully saturated rings. The molecule has 1 aliphatic heterocycles. The molecule has 0 saturated heterocycles. The van der Waals surface area contributed by atoms with Gasteiger partial charge in [-0.05, 0) is 54.8 Å². The van der Waals surface area contributed by atoms with Crippen LogP contribution in [-0.4, -0.2) is 15.5 Å². The predicted octanol–water partition coefficient (Wildman–Crippen LogP) is 5.15. The first-order valence-electron chi connectivity index (χ1n) is 9.09. The Bertz CT molecular complexity index is 927. The summed E-state index contributed by atoms with van der Waals surface area (Å²) in [6, 6.07) is 20.3. The third kappa shape index (κ3) is 2.88. The molecule has 0 unspecified atom stereocenters. The van der Waals surface area contributed by atoms with Crippen molar-refractivity contribution in [1.82, 2.24) is 9.47 Å². The fourth-order valence-corrected chi connectivity index (χ4v) is 3.58. The van der Waals surface area contributed by atoms with E-state index in [9.17, 15) is 4.79 Å². The summed E-state index contributed by atoms with van der Waals surface area (Å²) in [4.78, 5) is 14.9. The zero-order valence-corrected chi connectivity index (χ0v) is 15.1. The van der Waals surface area contributed by atoms with Crippen molar-refractivity contribution < 1.29 is 4.79 Å². The van der Waals surface area contributed by atoms with Crippen molar-refractivity contribution in [1.29, 1.82) is 0 Å². The SMILES string of the molecule is CCc1ccc(NC(=O)N2Cc3ccccc3-n3cccc3[C@H]2C)cc1. The molecule has 1 aromatic heterocycles. The average molecular weight is 345 g/mol. The average Bonchev–Trinajstić information content (AvgIpc) is 3.12. The van der Waals surface area contributed by atoms with Gasteiger partial charge in [-0.25, -0.2) is 4.79 Å². The molecule has 26 heavy (non-hydrogen) atoms. The molecule has 0 saturated carbocycles. The number of fused-ring (bicyclic) bond motifs is 3. The fourth-order valence-electron chi connectivity index (χ4n) is 3.58. The van der Waals surface area contributed by atoms with Crippen LogP contribution in [0, 0.1) is 0 Å². The van der Waals surface area contributed by atoms with Crippen LogP contribution >= 0.6 is 0 Å². The molecule has 4 heteroatoms. The molecule has 0 aliphatic carbocycles. The second-order valence-corrected chi connectivity index (χ2v) is 6.72. The lowest BCUT2D eigenvalue weighted by Crippen LogP contribution is -2.36. The first-order valence-corrected chi connectivity index (χ1v) is 9.09. The van der Waals surface area contributed by atoms with Crippen LogP contribution in [0.1, 0.15) is 36.7 Å². The Morgan fingerprint density at radius 1 is 1.08 bits per heavy atom. The molecule has 3 aromatic rings. The van der Waals surface area contributed by atoms with Gasteiger partial charge in [-0.3, -0.25) is 0 Å². The molecule has 2 aromatic carbocycles. The smallest absolute Gasteiger partial charge is 0.318 e. The van der Waals surface area contributed by atoms with E-state index in [1.807, 2.05) is 35.2 Å². The van der Waals surface area contributed by atoms with Crippen LogP contribution in [0.25, 0.3) is 5.69 Å². The van der Waals surface area contributed by atoms with E-state index in [1.54, 1.807) is 0 Å². The molecule has 1 N–H and O–H groups in total. The van der Waals surface area contributed by atoms with E-state index in [1.165, 1.54) is 5.56 Å². The number of carbonyl (C=O) groups excluding carboxylic acids is 1. The molecule has 4 nitrogen and oxygen atoms in total. The lowest BCUT2D eigenvalue weighted by atomic mass is 10.1. The topological polar surface area (TPSA) is 37.3 Å². The van der Waals surface area contributed by atoms with Crippen molar-refractivity contribution in [2.24, 2.45) is 0 Å². The van der Waals surface area contributed by atoms with Gasteiger partial charge in [0.2, 0.25) is 0 Å². The van der Waals surface area contributed by atoms with E-state index in [0.717, 1.165) is 29.1 Å². The highest BCUT2D eigenvalue weighted by Gasteiger charge is 2.28. The maximum absolute atomic E-state index is 13.0. The summed E-state index contributed by atoms with van der Waals surface area (Å²) in [6.07, 6.45) is 3.06. The van der Waals surface area contributed by atoms with Crippen molar-refractivity contribution in [2.75, 3.05) is 5.32 Å². The minimum Gasteiger partial charge on any atom is -0.318 e. The number of anilines is 1. The zero-order valence-electron chi connectivity index (χ0n) is 15.1. The van der Waals surface area contributed by atoms with Gasteiger partial charge in [0, 0.05) is 17.6 Å². The van der Waals surface area contributed by atoms with Crippen molar-refractivity contribution in [3.63, 3.8) is 0 Å². The summed E-state index contributed by atoms with van der Waals surface area (Å²) in [6.45, 7) is 4.79. The Balaban J connectivity index is 1.65. The van der Waals surface area contributed by atoms with E-state index in [-0.39, 0.29) is 12.1 Å². The van der Waals surface area contributed by atoms with Crippen molar-refractivity contribution >= 4 is 11.7 Å². The largest absolute Gasteiger partial charge is 0.322 e. The summed E-state index contributed by atoms with van der Waals surface area (Å²) in [7, 11) is 0. The van der Waals surface area contributed by atoms with Crippen LogP contribution in [0.2, 0.25) is 0 Å². The maximum atomic E-state index is 13.0. The molecule has 0 bridgehead atoms. The van der Waals surface area contributed by atoms with Gasteiger partial charge in [0.05, 0.1) is 18.3 Å². The van der Waals surface area contributed by atoms with Gasteiger partial charge >= 0.3 is 6.03 Å². The van der Waals surface area contributed by atoms with Gasteiger partial charge in [-0.15, -0.1) is 0 Å². The third-order valence-electron chi connectivity index (χ3n) is 5.14. The van der Waals surface area contributed by atoms with Gasteiger partial charge in [-0.2, -0.15) is 0 Å². The third-order valence-corrected chi connectivity index (χ3v) is 5.14. The van der Waals surface area contributed by atoms with Gasteiger partial charge < -0.3 is 14.8 Å². The number of aromatic nitrogens is 1. The number of nitrogens with one attached hydrogen (secondary N) is 1. The zero-order chi connectivity index (χ0) is 18.1. The van der Waals surface area contributed by atoms with Gasteiger partial charge in [0.25, 0.3) is 0 Å². The van der Waals surface area contributed by atoms with Crippen LogP contribution in [0.5, 0.6) is 0 Å². The Kier molecular flexibility index (Phi) is 4.25. The Morgan fingerprint density at radius 3 is 2.62 bits per heavy atom. The lowest BCUT2D eigenvalue weighted by Gasteiger charge is -2.27. The Hall–Kier alpha value is -3.01. The van der Waals surface area contributed by atoms with E-state index < -0.39 is 0 Å². The second-order valence-electron chi connectivity index (χ2n) is 6.72. The molecule has 2 amide bonds. The number of urea groups is 1. The highest BCUT2D eigenvalue weighted by atomic mass is 16.2. The molecule has 1 aliphatic rings. The number of benzene rings is 2. The fraction of sp³-hybridized carbons (Fsp3) is 0.227. The van der Waals surface area contributed by atoms with Gasteiger partial charge in [0.15, 0.2) is 0 Å². The summed E-state index contributed by atoms with van der Waals surface area (Å²) < 4.78 is 2.18. The molecule has 0 spiro atoms. The van der Waals surface area contributed by atoms with Crippen LogP contribution < -0.4 is 5.32 Å². The second kappa shape index (κ2) is 6.71. The predicted molar refractivity (Wildman–Crippen MR) is 105 cm³/mol. The Morgan fingerprint density at radius 2 is 1.85 bits per heavy atom.